The molecule has 0 saturated heterocycles. The monoisotopic (exact) mass is 190 g/mol. The van der Waals surface area contributed by atoms with E-state index >= 15 is 0 Å². The van der Waals surface area contributed by atoms with Crippen molar-refractivity contribution in [2.75, 3.05) is 0 Å². The van der Waals surface area contributed by atoms with Gasteiger partial charge in [0.15, 0.2) is 6.29 Å². The Morgan fingerprint density at radius 3 is 3.00 bits per heavy atom. The number of aldehydes is 1. The first-order chi connectivity index (χ1) is 6.40. The van der Waals surface area contributed by atoms with Gasteiger partial charge in [0, 0.05) is 35.1 Å². The third-order valence-corrected chi connectivity index (χ3v) is 2.40. The Morgan fingerprint density at radius 1 is 1.38 bits per heavy atom. The molecule has 0 aliphatic heterocycles. The van der Waals surface area contributed by atoms with E-state index in [0.717, 1.165) is 16.9 Å². The lowest BCUT2D eigenvalue weighted by molar-refractivity contribution is 0.112. The summed E-state index contributed by atoms with van der Waals surface area (Å²) < 4.78 is 0. The molecule has 0 radical (unpaired) electrons. The molecular formula is C9H6N2OS. The van der Waals surface area contributed by atoms with E-state index in [1.165, 1.54) is 17.5 Å². The molecule has 13 heavy (non-hydrogen) atoms. The van der Waals surface area contributed by atoms with Crippen molar-refractivity contribution < 1.29 is 4.79 Å². The van der Waals surface area contributed by atoms with E-state index < -0.39 is 0 Å². The van der Waals surface area contributed by atoms with Crippen LogP contribution in [0.5, 0.6) is 0 Å². The maximum absolute atomic E-state index is 10.5. The molecule has 0 spiro atoms. The number of thiazole rings is 1. The molecule has 2 heterocycles. The SMILES string of the molecule is O=Cc1cncc(-c2nccs2)c1. The Bertz CT molecular complexity index is 411. The summed E-state index contributed by atoms with van der Waals surface area (Å²) in [6, 6.07) is 1.78. The van der Waals surface area contributed by atoms with Crippen molar-refractivity contribution in [3.8, 4) is 10.6 Å². The van der Waals surface area contributed by atoms with Crippen molar-refractivity contribution in [2.24, 2.45) is 0 Å². The molecule has 0 bridgehead atoms. The van der Waals surface area contributed by atoms with Gasteiger partial charge < -0.3 is 0 Å². The first-order valence-electron chi connectivity index (χ1n) is 3.70. The summed E-state index contributed by atoms with van der Waals surface area (Å²) >= 11 is 1.53. The van der Waals surface area contributed by atoms with Crippen LogP contribution in [-0.2, 0) is 0 Å². The fraction of sp³-hybridized carbons (Fsp3) is 0. The lowest BCUT2D eigenvalue weighted by Crippen LogP contribution is -1.84. The maximum Gasteiger partial charge on any atom is 0.151 e. The summed E-state index contributed by atoms with van der Waals surface area (Å²) in [6.45, 7) is 0. The lowest BCUT2D eigenvalue weighted by atomic mass is 10.2. The molecule has 64 valence electrons. The number of carbonyl (C=O) groups excluding carboxylic acids is 1. The van der Waals surface area contributed by atoms with Crippen LogP contribution in [0.3, 0.4) is 0 Å². The molecule has 0 N–H and O–H groups in total. The number of rotatable bonds is 2. The van der Waals surface area contributed by atoms with Gasteiger partial charge in [0.05, 0.1) is 0 Å². The van der Waals surface area contributed by atoms with Crippen LogP contribution in [0.2, 0.25) is 0 Å². The summed E-state index contributed by atoms with van der Waals surface area (Å²) in [4.78, 5) is 18.5. The largest absolute Gasteiger partial charge is 0.298 e. The molecule has 4 heteroatoms. The minimum Gasteiger partial charge on any atom is -0.298 e. The minimum atomic E-state index is 0.577. The van der Waals surface area contributed by atoms with Gasteiger partial charge in [-0.05, 0) is 6.07 Å². The molecule has 0 saturated carbocycles. The molecule has 2 rings (SSSR count). The average molecular weight is 190 g/mol. The van der Waals surface area contributed by atoms with Crippen LogP contribution < -0.4 is 0 Å². The van der Waals surface area contributed by atoms with Crippen molar-refractivity contribution in [1.82, 2.24) is 9.97 Å². The van der Waals surface area contributed by atoms with E-state index in [9.17, 15) is 4.79 Å². The van der Waals surface area contributed by atoms with E-state index in [4.69, 9.17) is 0 Å². The van der Waals surface area contributed by atoms with Gasteiger partial charge in [-0.15, -0.1) is 11.3 Å². The highest BCUT2D eigenvalue weighted by Gasteiger charge is 2.00. The van der Waals surface area contributed by atoms with Gasteiger partial charge >= 0.3 is 0 Å². The number of carbonyl (C=O) groups is 1. The molecule has 0 amide bonds. The van der Waals surface area contributed by atoms with E-state index in [0.29, 0.717) is 5.56 Å². The molecule has 2 aromatic rings. The van der Waals surface area contributed by atoms with Crippen molar-refractivity contribution >= 4 is 17.6 Å². The third-order valence-electron chi connectivity index (χ3n) is 1.57. The lowest BCUT2D eigenvalue weighted by Gasteiger charge is -1.94. The van der Waals surface area contributed by atoms with Crippen molar-refractivity contribution in [3.63, 3.8) is 0 Å². The first kappa shape index (κ1) is 8.07. The van der Waals surface area contributed by atoms with Gasteiger partial charge in [0.25, 0.3) is 0 Å². The Kier molecular flexibility index (Phi) is 2.14. The van der Waals surface area contributed by atoms with E-state index in [2.05, 4.69) is 9.97 Å². The number of hydrogen-bond donors (Lipinski definition) is 0. The predicted octanol–water partition coefficient (Wildman–Crippen LogP) is 2.02. The Balaban J connectivity index is 2.47. The summed E-state index contributed by atoms with van der Waals surface area (Å²) in [7, 11) is 0. The predicted molar refractivity (Wildman–Crippen MR) is 50.7 cm³/mol. The first-order valence-corrected chi connectivity index (χ1v) is 4.58. The van der Waals surface area contributed by atoms with Crippen LogP contribution in [0.1, 0.15) is 10.4 Å². The van der Waals surface area contributed by atoms with Crippen LogP contribution in [0.15, 0.2) is 30.0 Å². The van der Waals surface area contributed by atoms with Gasteiger partial charge in [0.1, 0.15) is 5.01 Å². The quantitative estimate of drug-likeness (QED) is 0.680. The molecule has 0 aromatic carbocycles. The molecule has 0 atom stereocenters. The van der Waals surface area contributed by atoms with Gasteiger partial charge in [-0.25, -0.2) is 4.98 Å². The molecule has 0 fully saturated rings. The van der Waals surface area contributed by atoms with Crippen LogP contribution >= 0.6 is 11.3 Å². The highest BCUT2D eigenvalue weighted by atomic mass is 32.1. The topological polar surface area (TPSA) is 42.9 Å². The van der Waals surface area contributed by atoms with Crippen LogP contribution in [0.25, 0.3) is 10.6 Å². The molecule has 0 aliphatic rings. The van der Waals surface area contributed by atoms with Crippen molar-refractivity contribution in [3.05, 3.63) is 35.6 Å². The average Bonchev–Trinajstić information content (AvgIpc) is 2.71. The molecule has 2 aromatic heterocycles. The van der Waals surface area contributed by atoms with Gasteiger partial charge in [-0.1, -0.05) is 0 Å². The number of nitrogens with zero attached hydrogens (tertiary/aromatic N) is 2. The maximum atomic E-state index is 10.5. The fourth-order valence-corrected chi connectivity index (χ4v) is 1.63. The van der Waals surface area contributed by atoms with Crippen LogP contribution in [0, 0.1) is 0 Å². The summed E-state index contributed by atoms with van der Waals surface area (Å²) in [5.74, 6) is 0. The Hall–Kier alpha value is -1.55. The zero-order chi connectivity index (χ0) is 9.10. The van der Waals surface area contributed by atoms with E-state index in [1.54, 1.807) is 18.5 Å². The zero-order valence-corrected chi connectivity index (χ0v) is 7.49. The molecular weight excluding hydrogens is 184 g/mol. The fourth-order valence-electron chi connectivity index (χ4n) is 1.01. The highest BCUT2D eigenvalue weighted by molar-refractivity contribution is 7.13. The zero-order valence-electron chi connectivity index (χ0n) is 6.68. The Labute approximate surface area is 79.1 Å². The van der Waals surface area contributed by atoms with Crippen LogP contribution in [0.4, 0.5) is 0 Å². The van der Waals surface area contributed by atoms with Crippen molar-refractivity contribution in [2.45, 2.75) is 0 Å². The van der Waals surface area contributed by atoms with Crippen LogP contribution in [-0.4, -0.2) is 16.3 Å². The van der Waals surface area contributed by atoms with E-state index in [-0.39, 0.29) is 0 Å². The third kappa shape index (κ3) is 1.62. The molecule has 0 aliphatic carbocycles. The Morgan fingerprint density at radius 2 is 2.31 bits per heavy atom. The number of hydrogen-bond acceptors (Lipinski definition) is 4. The second kappa shape index (κ2) is 3.45. The van der Waals surface area contributed by atoms with Gasteiger partial charge in [-0.2, -0.15) is 0 Å². The van der Waals surface area contributed by atoms with Gasteiger partial charge in [0.2, 0.25) is 0 Å². The minimum absolute atomic E-state index is 0.577. The second-order valence-electron chi connectivity index (χ2n) is 2.46. The number of aromatic nitrogens is 2. The summed E-state index contributed by atoms with van der Waals surface area (Å²) in [5, 5.41) is 2.78. The molecule has 3 nitrogen and oxygen atoms in total. The van der Waals surface area contributed by atoms with E-state index in [1.807, 2.05) is 5.38 Å². The number of pyridine rings is 1. The van der Waals surface area contributed by atoms with Crippen molar-refractivity contribution in [1.29, 1.82) is 0 Å². The normalized spacial score (nSPS) is 9.85. The van der Waals surface area contributed by atoms with Gasteiger partial charge in [-0.3, -0.25) is 9.78 Å². The molecule has 0 unspecified atom stereocenters. The smallest absolute Gasteiger partial charge is 0.151 e. The standard InChI is InChI=1S/C9H6N2OS/c12-6-7-3-8(5-10-4-7)9-11-1-2-13-9/h1-6H. The second-order valence-corrected chi connectivity index (χ2v) is 3.36. The highest BCUT2D eigenvalue weighted by Crippen LogP contribution is 2.20. The summed E-state index contributed by atoms with van der Waals surface area (Å²) in [5.41, 5.74) is 1.47. The summed E-state index contributed by atoms with van der Waals surface area (Å²) in [6.07, 6.45) is 5.74.